The number of nitrogens with one attached hydrogen (secondary N) is 1. The standard InChI is InChI=1S/C19H20ClN3O3/c20-16-2-1-14(11-17(16)24)12-18(25)22-15-3-7-23(8-4-15)19(13-21)5-9-26-10-6-19/h1-4,7,11,24H,5-6,8-10,12H2,(H,22,25). The molecule has 1 fully saturated rings. The SMILES string of the molecule is N#CC1(N2C=CC(NC(=O)Cc3ccc(Cl)c(O)c3)=CC2)CCOCC1. The zero-order valence-electron chi connectivity index (χ0n) is 14.2. The van der Waals surface area contributed by atoms with Gasteiger partial charge in [-0.05, 0) is 29.8 Å². The van der Waals surface area contributed by atoms with Crippen LogP contribution < -0.4 is 5.32 Å². The van der Waals surface area contributed by atoms with E-state index in [1.54, 1.807) is 18.2 Å². The van der Waals surface area contributed by atoms with Gasteiger partial charge in [-0.3, -0.25) is 4.79 Å². The van der Waals surface area contributed by atoms with Gasteiger partial charge in [0.2, 0.25) is 5.91 Å². The van der Waals surface area contributed by atoms with Gasteiger partial charge in [0.15, 0.2) is 0 Å². The van der Waals surface area contributed by atoms with E-state index >= 15 is 0 Å². The molecule has 0 atom stereocenters. The third-order valence-electron chi connectivity index (χ3n) is 4.68. The second-order valence-electron chi connectivity index (χ2n) is 6.39. The molecule has 0 aromatic heterocycles. The number of rotatable bonds is 4. The van der Waals surface area contributed by atoms with Crippen LogP contribution in [0.15, 0.2) is 42.2 Å². The number of nitriles is 1. The molecule has 0 radical (unpaired) electrons. The van der Waals surface area contributed by atoms with Gasteiger partial charge in [-0.1, -0.05) is 17.7 Å². The van der Waals surface area contributed by atoms with Gasteiger partial charge in [0.25, 0.3) is 0 Å². The summed E-state index contributed by atoms with van der Waals surface area (Å²) in [6.07, 6.45) is 7.03. The van der Waals surface area contributed by atoms with Crippen LogP contribution in [0.1, 0.15) is 18.4 Å². The Kier molecular flexibility index (Phi) is 5.50. The lowest BCUT2D eigenvalue weighted by molar-refractivity contribution is -0.119. The summed E-state index contributed by atoms with van der Waals surface area (Å²) in [5.74, 6) is -0.222. The van der Waals surface area contributed by atoms with Gasteiger partial charge in [0.05, 0.1) is 17.5 Å². The Hall–Kier alpha value is -2.49. The molecule has 2 N–H and O–H groups in total. The third kappa shape index (κ3) is 4.01. The highest BCUT2D eigenvalue weighted by molar-refractivity contribution is 6.32. The number of benzene rings is 1. The molecule has 1 amide bonds. The number of carbonyl (C=O) groups is 1. The van der Waals surface area contributed by atoms with Crippen LogP contribution in [0.5, 0.6) is 5.75 Å². The predicted octanol–water partition coefficient (Wildman–Crippen LogP) is 2.49. The van der Waals surface area contributed by atoms with Crippen LogP contribution in [0.25, 0.3) is 0 Å². The van der Waals surface area contributed by atoms with Crippen molar-refractivity contribution in [1.82, 2.24) is 10.2 Å². The first-order valence-electron chi connectivity index (χ1n) is 8.44. The molecule has 2 aliphatic rings. The van der Waals surface area contributed by atoms with Crippen molar-refractivity contribution >= 4 is 17.5 Å². The zero-order valence-corrected chi connectivity index (χ0v) is 15.0. The molecule has 0 bridgehead atoms. The maximum atomic E-state index is 12.2. The number of nitrogens with zero attached hydrogens (tertiary/aromatic N) is 2. The molecule has 3 rings (SSSR count). The van der Waals surface area contributed by atoms with Gasteiger partial charge >= 0.3 is 0 Å². The third-order valence-corrected chi connectivity index (χ3v) is 5.00. The number of hydrogen-bond donors (Lipinski definition) is 2. The van der Waals surface area contributed by atoms with Crippen molar-refractivity contribution in [2.45, 2.75) is 24.8 Å². The number of carbonyl (C=O) groups excluding carboxylic acids is 1. The van der Waals surface area contributed by atoms with Crippen LogP contribution in [-0.2, 0) is 16.0 Å². The topological polar surface area (TPSA) is 85.6 Å². The van der Waals surface area contributed by atoms with Crippen molar-refractivity contribution in [2.24, 2.45) is 0 Å². The van der Waals surface area contributed by atoms with E-state index in [0.717, 1.165) is 0 Å². The first-order valence-corrected chi connectivity index (χ1v) is 8.81. The van der Waals surface area contributed by atoms with E-state index in [4.69, 9.17) is 16.3 Å². The van der Waals surface area contributed by atoms with Crippen molar-refractivity contribution in [3.8, 4) is 11.8 Å². The van der Waals surface area contributed by atoms with E-state index < -0.39 is 5.54 Å². The van der Waals surface area contributed by atoms with Gasteiger partial charge in [0.1, 0.15) is 11.3 Å². The van der Waals surface area contributed by atoms with Crippen LogP contribution in [0.3, 0.4) is 0 Å². The minimum absolute atomic E-state index is 0.0392. The van der Waals surface area contributed by atoms with Gasteiger partial charge in [-0.25, -0.2) is 0 Å². The zero-order chi connectivity index (χ0) is 18.6. The molecule has 7 heteroatoms. The Bertz CT molecular complexity index is 792. The fraction of sp³-hybridized carbons (Fsp3) is 0.368. The van der Waals surface area contributed by atoms with Crippen LogP contribution in [0.4, 0.5) is 0 Å². The summed E-state index contributed by atoms with van der Waals surface area (Å²) >= 11 is 5.77. The molecule has 136 valence electrons. The number of allylic oxidation sites excluding steroid dienone is 1. The smallest absolute Gasteiger partial charge is 0.228 e. The highest BCUT2D eigenvalue weighted by Crippen LogP contribution is 2.29. The quantitative estimate of drug-likeness (QED) is 0.846. The van der Waals surface area contributed by atoms with Gasteiger partial charge in [0, 0.05) is 44.5 Å². The van der Waals surface area contributed by atoms with Crippen LogP contribution >= 0.6 is 11.6 Å². The van der Waals surface area contributed by atoms with Crippen LogP contribution in [0, 0.1) is 11.3 Å². The van der Waals surface area contributed by atoms with E-state index in [-0.39, 0.29) is 23.1 Å². The molecule has 2 heterocycles. The summed E-state index contributed by atoms with van der Waals surface area (Å²) in [5, 5.41) is 22.3. The fourth-order valence-corrected chi connectivity index (χ4v) is 3.25. The van der Waals surface area contributed by atoms with E-state index in [1.165, 1.54) is 6.07 Å². The first kappa shape index (κ1) is 18.3. The molecule has 1 saturated heterocycles. The average Bonchev–Trinajstić information content (AvgIpc) is 2.66. The number of amides is 1. The molecular formula is C19H20ClN3O3. The van der Waals surface area contributed by atoms with Crippen LogP contribution in [-0.4, -0.2) is 41.2 Å². The molecular weight excluding hydrogens is 354 g/mol. The molecule has 1 aromatic rings. The molecule has 0 saturated carbocycles. The van der Waals surface area contributed by atoms with Gasteiger partial charge < -0.3 is 20.1 Å². The Morgan fingerprint density at radius 2 is 2.19 bits per heavy atom. The van der Waals surface area contributed by atoms with Gasteiger partial charge in [-0.2, -0.15) is 5.26 Å². The maximum absolute atomic E-state index is 12.2. The summed E-state index contributed by atoms with van der Waals surface area (Å²) in [6, 6.07) is 7.18. The van der Waals surface area contributed by atoms with E-state index in [0.29, 0.717) is 43.9 Å². The van der Waals surface area contributed by atoms with E-state index in [9.17, 15) is 15.2 Å². The fourth-order valence-electron chi connectivity index (χ4n) is 3.14. The van der Waals surface area contributed by atoms with E-state index in [2.05, 4.69) is 11.4 Å². The van der Waals surface area contributed by atoms with Crippen molar-refractivity contribution < 1.29 is 14.6 Å². The Labute approximate surface area is 157 Å². The number of phenols is 1. The lowest BCUT2D eigenvalue weighted by atomic mass is 9.89. The van der Waals surface area contributed by atoms with Crippen LogP contribution in [0.2, 0.25) is 5.02 Å². The normalized spacial score (nSPS) is 18.8. The number of phenolic OH excluding ortho intramolecular Hbond substituents is 1. The number of halogens is 1. The lowest BCUT2D eigenvalue weighted by Crippen LogP contribution is -2.49. The highest BCUT2D eigenvalue weighted by atomic mass is 35.5. The van der Waals surface area contributed by atoms with Crippen molar-refractivity contribution in [2.75, 3.05) is 19.8 Å². The molecule has 0 spiro atoms. The Morgan fingerprint density at radius 1 is 1.42 bits per heavy atom. The summed E-state index contributed by atoms with van der Waals surface area (Å²) in [6.45, 7) is 1.72. The van der Waals surface area contributed by atoms with E-state index in [1.807, 2.05) is 17.2 Å². The molecule has 26 heavy (non-hydrogen) atoms. The molecule has 6 nitrogen and oxygen atoms in total. The highest BCUT2D eigenvalue weighted by Gasteiger charge is 2.37. The number of hydrogen-bond acceptors (Lipinski definition) is 5. The first-order chi connectivity index (χ1) is 12.5. The Balaban J connectivity index is 1.58. The van der Waals surface area contributed by atoms with Crippen molar-refractivity contribution in [1.29, 1.82) is 5.26 Å². The average molecular weight is 374 g/mol. The maximum Gasteiger partial charge on any atom is 0.228 e. The number of aromatic hydroxyl groups is 1. The minimum atomic E-state index is -0.540. The summed E-state index contributed by atoms with van der Waals surface area (Å²) in [5.41, 5.74) is 0.836. The predicted molar refractivity (Wildman–Crippen MR) is 97.3 cm³/mol. The van der Waals surface area contributed by atoms with Crippen molar-refractivity contribution in [3.05, 3.63) is 52.8 Å². The molecule has 0 aliphatic carbocycles. The summed E-state index contributed by atoms with van der Waals surface area (Å²) < 4.78 is 5.36. The summed E-state index contributed by atoms with van der Waals surface area (Å²) in [4.78, 5) is 14.2. The molecule has 0 unspecified atom stereocenters. The Morgan fingerprint density at radius 3 is 2.81 bits per heavy atom. The second-order valence-corrected chi connectivity index (χ2v) is 6.80. The molecule has 1 aromatic carbocycles. The largest absolute Gasteiger partial charge is 0.506 e. The summed E-state index contributed by atoms with van der Waals surface area (Å²) in [7, 11) is 0. The molecule has 2 aliphatic heterocycles. The monoisotopic (exact) mass is 373 g/mol. The number of ether oxygens (including phenoxy) is 1. The van der Waals surface area contributed by atoms with Crippen molar-refractivity contribution in [3.63, 3.8) is 0 Å². The lowest BCUT2D eigenvalue weighted by Gasteiger charge is -2.41. The minimum Gasteiger partial charge on any atom is -0.506 e. The van der Waals surface area contributed by atoms with Gasteiger partial charge in [-0.15, -0.1) is 0 Å². The second kappa shape index (κ2) is 7.81.